The van der Waals surface area contributed by atoms with Crippen LogP contribution >= 0.6 is 0 Å². The van der Waals surface area contributed by atoms with Gasteiger partial charge in [0, 0.05) is 13.1 Å². The number of para-hydroxylation sites is 2. The first-order chi connectivity index (χ1) is 19.3. The van der Waals surface area contributed by atoms with Gasteiger partial charge >= 0.3 is 5.97 Å². The summed E-state index contributed by atoms with van der Waals surface area (Å²) in [7, 11) is 0. The number of carboxylic acids is 1. The molecule has 0 aliphatic heterocycles. The van der Waals surface area contributed by atoms with Crippen LogP contribution in [0.1, 0.15) is 32.3 Å². The lowest BCUT2D eigenvalue weighted by atomic mass is 9.95. The lowest BCUT2D eigenvalue weighted by molar-refractivity contribution is -0.145. The van der Waals surface area contributed by atoms with E-state index in [1.165, 1.54) is 0 Å². The van der Waals surface area contributed by atoms with Gasteiger partial charge in [0.1, 0.15) is 42.7 Å². The summed E-state index contributed by atoms with van der Waals surface area (Å²) in [6, 6.07) is 25.7. The molecule has 216 valence electrons. The highest BCUT2D eigenvalue weighted by atomic mass is 16.5. The number of aliphatic carboxylic acids is 1. The van der Waals surface area contributed by atoms with Crippen molar-refractivity contribution in [3.05, 3.63) is 90.5 Å². The van der Waals surface area contributed by atoms with Gasteiger partial charge in [-0.05, 0) is 54.8 Å². The molecule has 0 fully saturated rings. The van der Waals surface area contributed by atoms with Crippen LogP contribution in [0.4, 0.5) is 0 Å². The minimum absolute atomic E-state index is 0.102. The lowest BCUT2D eigenvalue weighted by Crippen LogP contribution is -2.57. The predicted octanol–water partition coefficient (Wildman–Crippen LogP) is 3.55. The smallest absolute Gasteiger partial charge is 0.344 e. The molecule has 0 aliphatic carbocycles. The molecule has 0 saturated heterocycles. The quantitative estimate of drug-likeness (QED) is 0.150. The number of aliphatic hydroxyl groups is 2. The molecule has 0 amide bonds. The fraction of sp³-hybridized carbons (Fsp3) is 0.387. The summed E-state index contributed by atoms with van der Waals surface area (Å²) in [5.74, 6) is 0.766. The van der Waals surface area contributed by atoms with Crippen LogP contribution in [-0.4, -0.2) is 65.9 Å². The molecule has 9 heteroatoms. The molecule has 9 nitrogen and oxygen atoms in total. The molecule has 0 radical (unpaired) electrons. The first-order valence-electron chi connectivity index (χ1n) is 13.6. The van der Waals surface area contributed by atoms with E-state index in [0.29, 0.717) is 30.1 Å². The maximum absolute atomic E-state index is 11.4. The van der Waals surface area contributed by atoms with Gasteiger partial charge in [-0.1, -0.05) is 62.4 Å². The minimum Gasteiger partial charge on any atom is -0.491 e. The Morgan fingerprint density at radius 1 is 0.750 bits per heavy atom. The molecule has 3 aromatic carbocycles. The molecular formula is C31H40N2O7. The molecule has 3 rings (SSSR count). The van der Waals surface area contributed by atoms with Gasteiger partial charge in [-0.15, -0.1) is 0 Å². The van der Waals surface area contributed by atoms with Gasteiger partial charge in [0.2, 0.25) is 0 Å². The van der Waals surface area contributed by atoms with E-state index in [-0.39, 0.29) is 26.3 Å². The highest BCUT2D eigenvalue weighted by molar-refractivity contribution is 5.72. The maximum atomic E-state index is 11.4. The zero-order valence-electron chi connectivity index (χ0n) is 23.0. The second-order valence-corrected chi connectivity index (χ2v) is 9.45. The van der Waals surface area contributed by atoms with Crippen LogP contribution in [0.25, 0.3) is 0 Å². The molecule has 5 N–H and O–H groups in total. The van der Waals surface area contributed by atoms with Gasteiger partial charge in [0.25, 0.3) is 0 Å². The second-order valence-electron chi connectivity index (χ2n) is 9.45. The van der Waals surface area contributed by atoms with E-state index in [1.807, 2.05) is 79.7 Å². The Hall–Kier alpha value is -3.63. The Morgan fingerprint density at radius 3 is 1.62 bits per heavy atom. The third kappa shape index (κ3) is 9.53. The van der Waals surface area contributed by atoms with Crippen molar-refractivity contribution < 1.29 is 34.3 Å². The van der Waals surface area contributed by atoms with E-state index >= 15 is 0 Å². The van der Waals surface area contributed by atoms with E-state index in [2.05, 4.69) is 10.6 Å². The Kier molecular flexibility index (Phi) is 12.2. The second kappa shape index (κ2) is 15.8. The first-order valence-corrected chi connectivity index (χ1v) is 13.6. The number of hydrogen-bond acceptors (Lipinski definition) is 8. The van der Waals surface area contributed by atoms with Crippen LogP contribution in [0.2, 0.25) is 0 Å². The Balaban J connectivity index is 1.69. The molecule has 3 aromatic rings. The molecule has 0 saturated carbocycles. The van der Waals surface area contributed by atoms with Gasteiger partial charge in [-0.3, -0.25) is 10.6 Å². The van der Waals surface area contributed by atoms with E-state index in [0.717, 1.165) is 5.56 Å². The van der Waals surface area contributed by atoms with Crippen LogP contribution in [-0.2, 0) is 10.5 Å². The topological polar surface area (TPSA) is 130 Å². The van der Waals surface area contributed by atoms with E-state index < -0.39 is 29.9 Å². The zero-order chi connectivity index (χ0) is 28.8. The Bertz CT molecular complexity index is 1080. The number of ether oxygens (including phenoxy) is 3. The Labute approximate surface area is 235 Å². The van der Waals surface area contributed by atoms with Crippen molar-refractivity contribution in [2.45, 2.75) is 50.7 Å². The first kappa shape index (κ1) is 30.9. The molecule has 3 unspecified atom stereocenters. The molecule has 0 aromatic heterocycles. The average molecular weight is 553 g/mol. The zero-order valence-corrected chi connectivity index (χ0v) is 23.0. The molecule has 0 aliphatic rings. The highest BCUT2D eigenvalue weighted by Gasteiger charge is 2.31. The largest absolute Gasteiger partial charge is 0.491 e. The third-order valence-electron chi connectivity index (χ3n) is 6.45. The van der Waals surface area contributed by atoms with Crippen LogP contribution in [0.3, 0.4) is 0 Å². The predicted molar refractivity (Wildman–Crippen MR) is 153 cm³/mol. The normalized spacial score (nSPS) is 14.9. The molecule has 3 atom stereocenters. The summed E-state index contributed by atoms with van der Waals surface area (Å²) in [5, 5.41) is 37.5. The van der Waals surface area contributed by atoms with E-state index in [1.54, 1.807) is 19.1 Å². The average Bonchev–Trinajstić information content (AvgIpc) is 2.99. The highest BCUT2D eigenvalue weighted by Crippen LogP contribution is 2.26. The van der Waals surface area contributed by atoms with Crippen molar-refractivity contribution in [3.8, 4) is 17.2 Å². The van der Waals surface area contributed by atoms with Gasteiger partial charge < -0.3 is 29.5 Å². The van der Waals surface area contributed by atoms with Crippen LogP contribution in [0.15, 0.2) is 84.9 Å². The lowest BCUT2D eigenvalue weighted by Gasteiger charge is -2.37. The van der Waals surface area contributed by atoms with E-state index in [4.69, 9.17) is 14.2 Å². The van der Waals surface area contributed by atoms with Crippen molar-refractivity contribution in [1.82, 2.24) is 10.6 Å². The van der Waals surface area contributed by atoms with E-state index in [9.17, 15) is 20.1 Å². The van der Waals surface area contributed by atoms with Crippen LogP contribution < -0.4 is 24.8 Å². The fourth-order valence-corrected chi connectivity index (χ4v) is 4.13. The summed E-state index contributed by atoms with van der Waals surface area (Å²) in [6.45, 7) is 4.36. The van der Waals surface area contributed by atoms with Crippen molar-refractivity contribution in [2.24, 2.45) is 0 Å². The number of hydrogen-bond donors (Lipinski definition) is 5. The van der Waals surface area contributed by atoms with Gasteiger partial charge in [0.15, 0.2) is 6.10 Å². The number of benzene rings is 3. The number of nitrogens with one attached hydrogen (secondary N) is 2. The van der Waals surface area contributed by atoms with Crippen LogP contribution in [0, 0.1) is 0 Å². The van der Waals surface area contributed by atoms with Crippen molar-refractivity contribution in [1.29, 1.82) is 0 Å². The monoisotopic (exact) mass is 552 g/mol. The third-order valence-corrected chi connectivity index (χ3v) is 6.45. The minimum atomic E-state index is -1.02. The SMILES string of the molecule is CCC(Oc1ccc(C(CC)(NCC(O)COc2ccccc2)NCC(O)COc2ccccc2)cc1)C(=O)O. The summed E-state index contributed by atoms with van der Waals surface area (Å²) in [6.07, 6.45) is -1.63. The van der Waals surface area contributed by atoms with Crippen molar-refractivity contribution in [2.75, 3.05) is 26.3 Å². The molecule has 0 bridgehead atoms. The number of carboxylic acid groups (broad SMARTS) is 1. The summed E-state index contributed by atoms with van der Waals surface area (Å²) in [4.78, 5) is 11.4. The van der Waals surface area contributed by atoms with Gasteiger partial charge in [0.05, 0.1) is 5.66 Å². The standard InChI is InChI=1S/C31H40N2O7/c1-3-29(30(36)37)40-28-17-15-23(16-18-28)31(4-2,32-19-24(34)21-38-26-11-7-5-8-12-26)33-20-25(35)22-39-27-13-9-6-10-14-27/h5-18,24-25,29,32-35H,3-4,19-22H2,1-2H3,(H,36,37). The maximum Gasteiger partial charge on any atom is 0.344 e. The summed E-state index contributed by atoms with van der Waals surface area (Å²) < 4.78 is 17.0. The van der Waals surface area contributed by atoms with Crippen molar-refractivity contribution >= 4 is 5.97 Å². The van der Waals surface area contributed by atoms with Crippen molar-refractivity contribution in [3.63, 3.8) is 0 Å². The Morgan fingerprint density at radius 2 is 1.23 bits per heavy atom. The molecule has 40 heavy (non-hydrogen) atoms. The van der Waals surface area contributed by atoms with Gasteiger partial charge in [-0.25, -0.2) is 4.79 Å². The fourth-order valence-electron chi connectivity index (χ4n) is 4.13. The summed E-state index contributed by atoms with van der Waals surface area (Å²) >= 11 is 0. The number of aliphatic hydroxyl groups excluding tert-OH is 2. The van der Waals surface area contributed by atoms with Gasteiger partial charge in [-0.2, -0.15) is 0 Å². The van der Waals surface area contributed by atoms with Crippen LogP contribution in [0.5, 0.6) is 17.2 Å². The number of carbonyl (C=O) groups is 1. The number of rotatable bonds is 18. The molecule has 0 heterocycles. The summed E-state index contributed by atoms with van der Waals surface area (Å²) in [5.41, 5.74) is 0.00907. The molecular weight excluding hydrogens is 512 g/mol. The molecule has 0 spiro atoms.